The van der Waals surface area contributed by atoms with E-state index in [4.69, 9.17) is 22.1 Å². The number of carbonyl (C=O) groups is 3. The number of ether oxygens (including phenoxy) is 1. The molecule has 0 aliphatic carbocycles. The van der Waals surface area contributed by atoms with Gasteiger partial charge in [0.15, 0.2) is 6.10 Å². The Balaban J connectivity index is 1.18. The lowest BCUT2D eigenvalue weighted by atomic mass is 9.68. The highest BCUT2D eigenvalue weighted by Gasteiger charge is 2.44. The minimum absolute atomic E-state index is 0.0773. The minimum atomic E-state index is -4.76. The first-order valence-corrected chi connectivity index (χ1v) is 16.5. The molecule has 0 unspecified atom stereocenters. The van der Waals surface area contributed by atoms with Crippen LogP contribution in [0, 0.1) is 0 Å². The second-order valence-corrected chi connectivity index (χ2v) is 13.4. The highest BCUT2D eigenvalue weighted by molar-refractivity contribution is 6.33. The second kappa shape index (κ2) is 13.5. The quantitative estimate of drug-likeness (QED) is 0.405. The summed E-state index contributed by atoms with van der Waals surface area (Å²) in [6.07, 6.45) is -4.29. The van der Waals surface area contributed by atoms with Crippen molar-refractivity contribution in [2.45, 2.75) is 62.3 Å². The minimum Gasteiger partial charge on any atom is -0.436 e. The number of hydrogen-bond acceptors (Lipinski definition) is 7. The van der Waals surface area contributed by atoms with Gasteiger partial charge in [0.1, 0.15) is 0 Å². The van der Waals surface area contributed by atoms with Crippen LogP contribution in [0.4, 0.5) is 29.3 Å². The van der Waals surface area contributed by atoms with Crippen LogP contribution in [0.5, 0.6) is 0 Å². The Morgan fingerprint density at radius 3 is 2.38 bits per heavy atom. The molecule has 0 aromatic heterocycles. The Kier molecular flexibility index (Phi) is 9.59. The monoisotopic (exact) mass is 676 g/mol. The fraction of sp³-hybridized carbons (Fsp3) is 0.545. The first-order valence-electron chi connectivity index (χ1n) is 16.2. The maximum atomic E-state index is 13.9. The molecule has 4 aliphatic rings. The van der Waals surface area contributed by atoms with Gasteiger partial charge in [-0.25, -0.2) is 4.79 Å². The zero-order valence-corrected chi connectivity index (χ0v) is 26.8. The molecule has 4 aliphatic heterocycles. The highest BCUT2D eigenvalue weighted by atomic mass is 35.5. The van der Waals surface area contributed by atoms with E-state index in [9.17, 15) is 27.6 Å². The number of rotatable bonds is 5. The van der Waals surface area contributed by atoms with Gasteiger partial charge in [-0.05, 0) is 55.0 Å². The number of halogens is 4. The van der Waals surface area contributed by atoms with Gasteiger partial charge in [-0.2, -0.15) is 13.2 Å². The summed E-state index contributed by atoms with van der Waals surface area (Å²) in [4.78, 5) is 45.6. The number of para-hydroxylation sites is 1. The molecule has 254 valence electrons. The number of hydrogen-bond donors (Lipinski definition) is 3. The summed E-state index contributed by atoms with van der Waals surface area (Å²) in [5.74, 6) is -0.531. The van der Waals surface area contributed by atoms with E-state index in [-0.39, 0.29) is 22.9 Å². The lowest BCUT2D eigenvalue weighted by molar-refractivity contribution is -0.142. The number of piperidine rings is 2. The fourth-order valence-electron chi connectivity index (χ4n) is 7.53. The summed E-state index contributed by atoms with van der Waals surface area (Å²) in [5.41, 5.74) is 5.40. The van der Waals surface area contributed by atoms with Crippen LogP contribution in [0.25, 0.3) is 0 Å². The number of nitrogens with one attached hydrogen (secondary N) is 2. The molecule has 14 heteroatoms. The summed E-state index contributed by atoms with van der Waals surface area (Å²) in [6, 6.07) is 10.1. The lowest BCUT2D eigenvalue weighted by Gasteiger charge is -2.44. The van der Waals surface area contributed by atoms with Gasteiger partial charge in [0.05, 0.1) is 16.3 Å². The van der Waals surface area contributed by atoms with Crippen LogP contribution in [-0.2, 0) is 32.3 Å². The number of nitrogens with two attached hydrogens (primary N) is 1. The van der Waals surface area contributed by atoms with E-state index in [1.807, 2.05) is 24.3 Å². The molecule has 1 spiro atoms. The molecule has 0 radical (unpaired) electrons. The Labute approximate surface area is 276 Å². The van der Waals surface area contributed by atoms with Crippen LogP contribution in [-0.4, -0.2) is 97.1 Å². The van der Waals surface area contributed by atoms with E-state index >= 15 is 0 Å². The van der Waals surface area contributed by atoms with E-state index < -0.39 is 40.9 Å². The maximum absolute atomic E-state index is 13.9. The predicted molar refractivity (Wildman–Crippen MR) is 171 cm³/mol. The van der Waals surface area contributed by atoms with Gasteiger partial charge >= 0.3 is 12.3 Å². The second-order valence-electron chi connectivity index (χ2n) is 13.0. The molecule has 3 saturated heterocycles. The number of carbonyl (C=O) groups excluding carboxylic acids is 3. The number of piperazine rings is 1. The zero-order chi connectivity index (χ0) is 33.3. The molecule has 4 N–H and O–H groups in total. The van der Waals surface area contributed by atoms with Gasteiger partial charge in [-0.3, -0.25) is 14.5 Å². The third kappa shape index (κ3) is 7.17. The number of alkyl halides is 3. The summed E-state index contributed by atoms with van der Waals surface area (Å²) in [6.45, 7) is 5.19. The molecule has 1 atom stereocenters. The van der Waals surface area contributed by atoms with Crippen molar-refractivity contribution < 1.29 is 32.3 Å². The molecule has 3 amide bonds. The largest absolute Gasteiger partial charge is 0.436 e. The Morgan fingerprint density at radius 2 is 1.70 bits per heavy atom. The number of fused-ring (bicyclic) bond motifs is 2. The summed E-state index contributed by atoms with van der Waals surface area (Å²) >= 11 is 6.10. The van der Waals surface area contributed by atoms with Gasteiger partial charge in [-0.1, -0.05) is 29.8 Å². The highest BCUT2D eigenvalue weighted by Crippen LogP contribution is 2.45. The molecule has 6 rings (SSSR count). The van der Waals surface area contributed by atoms with Crippen molar-refractivity contribution in [1.29, 1.82) is 0 Å². The van der Waals surface area contributed by atoms with Crippen LogP contribution in [0.1, 0.15) is 48.8 Å². The number of amides is 3. The van der Waals surface area contributed by atoms with Crippen LogP contribution < -0.4 is 16.4 Å². The zero-order valence-electron chi connectivity index (χ0n) is 26.1. The topological polar surface area (TPSA) is 120 Å². The van der Waals surface area contributed by atoms with E-state index in [2.05, 4.69) is 15.5 Å². The van der Waals surface area contributed by atoms with E-state index in [1.54, 1.807) is 4.90 Å². The third-order valence-electron chi connectivity index (χ3n) is 10.1. The molecule has 0 saturated carbocycles. The Hall–Kier alpha value is -3.55. The molecule has 3 fully saturated rings. The predicted octanol–water partition coefficient (Wildman–Crippen LogP) is 4.26. The van der Waals surface area contributed by atoms with Crippen LogP contribution in [0.15, 0.2) is 36.4 Å². The molecule has 4 heterocycles. The van der Waals surface area contributed by atoms with Gasteiger partial charge in [0.25, 0.3) is 5.91 Å². The normalized spacial score (nSPS) is 21.2. The van der Waals surface area contributed by atoms with E-state index in [0.29, 0.717) is 51.5 Å². The number of benzene rings is 2. The van der Waals surface area contributed by atoms with Crippen molar-refractivity contribution in [3.05, 3.63) is 58.1 Å². The molecule has 10 nitrogen and oxygen atoms in total. The van der Waals surface area contributed by atoms with Crippen molar-refractivity contribution in [2.75, 3.05) is 63.4 Å². The SMILES string of the molecule is Nc1c(Cl)cc(C[C@@H](OC(=O)N2CCC3(CC2)CC(=O)Nc2ccccc23)C(=O)N2CCC(N3CCNCC3)CC2)cc1C(F)(F)F. The van der Waals surface area contributed by atoms with Crippen molar-refractivity contribution in [3.63, 3.8) is 0 Å². The van der Waals surface area contributed by atoms with E-state index in [0.717, 1.165) is 56.3 Å². The lowest BCUT2D eigenvalue weighted by Crippen LogP contribution is -2.54. The summed E-state index contributed by atoms with van der Waals surface area (Å²) in [7, 11) is 0. The van der Waals surface area contributed by atoms with Crippen molar-refractivity contribution in [3.8, 4) is 0 Å². The van der Waals surface area contributed by atoms with Gasteiger partial charge in [-0.15, -0.1) is 0 Å². The summed E-state index contributed by atoms with van der Waals surface area (Å²) in [5, 5.41) is 5.98. The summed E-state index contributed by atoms with van der Waals surface area (Å²) < 4.78 is 47.2. The smallest absolute Gasteiger partial charge is 0.418 e. The van der Waals surface area contributed by atoms with Crippen LogP contribution in [0.2, 0.25) is 5.02 Å². The molecule has 47 heavy (non-hydrogen) atoms. The number of nitrogen functional groups attached to an aromatic ring is 1. The van der Waals surface area contributed by atoms with E-state index in [1.165, 1.54) is 11.0 Å². The number of likely N-dealkylation sites (tertiary alicyclic amines) is 2. The average Bonchev–Trinajstić information content (AvgIpc) is 3.06. The third-order valence-corrected chi connectivity index (χ3v) is 10.4. The maximum Gasteiger partial charge on any atom is 0.418 e. The first-order chi connectivity index (χ1) is 22.4. The molecule has 2 aromatic rings. The molecular formula is C33H40ClF3N6O4. The van der Waals surface area contributed by atoms with Crippen molar-refractivity contribution in [2.24, 2.45) is 0 Å². The van der Waals surface area contributed by atoms with Gasteiger partial charge < -0.3 is 30.9 Å². The first kappa shape index (κ1) is 33.4. The Morgan fingerprint density at radius 1 is 1.02 bits per heavy atom. The van der Waals surface area contributed by atoms with Crippen molar-refractivity contribution >= 4 is 40.9 Å². The molecule has 2 aromatic carbocycles. The van der Waals surface area contributed by atoms with Crippen LogP contribution in [0.3, 0.4) is 0 Å². The van der Waals surface area contributed by atoms with Crippen molar-refractivity contribution in [1.82, 2.24) is 20.0 Å². The number of anilines is 2. The fourth-order valence-corrected chi connectivity index (χ4v) is 7.78. The van der Waals surface area contributed by atoms with Gasteiger partial charge in [0.2, 0.25) is 5.91 Å². The van der Waals surface area contributed by atoms with Crippen LogP contribution >= 0.6 is 11.6 Å². The average molecular weight is 677 g/mol. The standard InChI is InChI=1S/C33H40ClF3N6O4/c34-25-18-21(17-24(29(25)38)33(35,36)37)19-27(30(45)42-11-5-22(6-12-42)41-15-9-39-10-16-41)47-31(46)43-13-7-32(8-14-43)20-28(44)40-26-4-2-1-3-23(26)32/h1-4,17-18,22,27,39H,5-16,19-20,38H2,(H,40,44)/t27-/m1/s1. The molecule has 0 bridgehead atoms. The Bertz CT molecular complexity index is 1500. The number of nitrogens with zero attached hydrogens (tertiary/aromatic N) is 3. The van der Waals surface area contributed by atoms with Gasteiger partial charge in [0, 0.05) is 82.3 Å². The molecular weight excluding hydrogens is 637 g/mol.